The average molecular weight is 174 g/mol. The average Bonchev–Trinajstić information content (AvgIpc) is 2.04. The molecule has 0 saturated carbocycles. The van der Waals surface area contributed by atoms with Crippen molar-refractivity contribution >= 4 is 11.9 Å². The van der Waals surface area contributed by atoms with Gasteiger partial charge in [-0.25, -0.2) is 0 Å². The molecule has 0 aliphatic carbocycles. The molecule has 0 aromatic heterocycles. The number of aryl methyl sites for hydroxylation is 1. The number of Topliss-reactive ketones (excluding diaryl/α,β-unsaturated/α-hetero) is 1. The molecule has 0 radical (unpaired) electrons. The molecular formula is C12H14O. The molecule has 0 aliphatic rings. The van der Waals surface area contributed by atoms with Gasteiger partial charge in [0.15, 0.2) is 5.78 Å². The first-order valence-corrected chi connectivity index (χ1v) is 4.39. The van der Waals surface area contributed by atoms with Crippen molar-refractivity contribution in [3.8, 4) is 0 Å². The lowest BCUT2D eigenvalue weighted by atomic mass is 10.0. The second-order valence-corrected chi connectivity index (χ2v) is 3.13. The highest BCUT2D eigenvalue weighted by atomic mass is 16.1. The van der Waals surface area contributed by atoms with Crippen molar-refractivity contribution in [1.82, 2.24) is 0 Å². The largest absolute Gasteiger partial charge is 0.295 e. The molecular weight excluding hydrogens is 160 g/mol. The Bertz CT molecular complexity index is 348. The van der Waals surface area contributed by atoms with Crippen molar-refractivity contribution in [2.45, 2.75) is 20.8 Å². The number of hydrogen-bond acceptors (Lipinski definition) is 1. The van der Waals surface area contributed by atoms with Gasteiger partial charge in [0.25, 0.3) is 0 Å². The lowest BCUT2D eigenvalue weighted by Gasteiger charge is -2.02. The molecule has 0 fully saturated rings. The van der Waals surface area contributed by atoms with Crippen LogP contribution >= 0.6 is 0 Å². The second-order valence-electron chi connectivity index (χ2n) is 3.13. The van der Waals surface area contributed by atoms with Crippen LogP contribution in [0.15, 0.2) is 24.3 Å². The molecule has 1 heteroatoms. The fourth-order valence-corrected chi connectivity index (χ4v) is 1.38. The Hall–Kier alpha value is -1.37. The summed E-state index contributed by atoms with van der Waals surface area (Å²) in [5.41, 5.74) is 3.00. The van der Waals surface area contributed by atoms with Crippen molar-refractivity contribution in [3.63, 3.8) is 0 Å². The number of hydrogen-bond donors (Lipinski definition) is 0. The molecule has 1 nitrogen and oxygen atoms in total. The quantitative estimate of drug-likeness (QED) is 0.629. The Kier molecular flexibility index (Phi) is 3.02. The Morgan fingerprint density at radius 2 is 2.08 bits per heavy atom. The van der Waals surface area contributed by atoms with Crippen LogP contribution < -0.4 is 0 Å². The van der Waals surface area contributed by atoms with Crippen molar-refractivity contribution in [2.24, 2.45) is 0 Å². The van der Waals surface area contributed by atoms with Gasteiger partial charge in [-0.2, -0.15) is 0 Å². The van der Waals surface area contributed by atoms with E-state index >= 15 is 0 Å². The Morgan fingerprint density at radius 1 is 1.38 bits per heavy atom. The highest BCUT2D eigenvalue weighted by Crippen LogP contribution is 2.12. The molecule has 0 bridgehead atoms. The minimum atomic E-state index is 0.129. The number of benzene rings is 1. The van der Waals surface area contributed by atoms with Crippen LogP contribution in [0.5, 0.6) is 0 Å². The third-order valence-corrected chi connectivity index (χ3v) is 1.99. The van der Waals surface area contributed by atoms with E-state index in [1.807, 2.05) is 44.2 Å². The van der Waals surface area contributed by atoms with Gasteiger partial charge in [0.1, 0.15) is 0 Å². The van der Waals surface area contributed by atoms with Crippen LogP contribution in [0.4, 0.5) is 0 Å². The molecule has 1 rings (SSSR count). The summed E-state index contributed by atoms with van der Waals surface area (Å²) < 4.78 is 0. The molecule has 0 aliphatic heterocycles. The predicted molar refractivity (Wildman–Crippen MR) is 55.9 cm³/mol. The smallest absolute Gasteiger partial charge is 0.160 e. The summed E-state index contributed by atoms with van der Waals surface area (Å²) in [6, 6.07) is 5.87. The summed E-state index contributed by atoms with van der Waals surface area (Å²) in [7, 11) is 0. The van der Waals surface area contributed by atoms with E-state index in [2.05, 4.69) is 0 Å². The Balaban J connectivity index is 3.12. The number of carbonyl (C=O) groups is 1. The second kappa shape index (κ2) is 4.04. The SMILES string of the molecule is C/C=C/c1ccc(C(C)=O)c(C)c1. The van der Waals surface area contributed by atoms with Gasteiger partial charge in [0.05, 0.1) is 0 Å². The topological polar surface area (TPSA) is 17.1 Å². The van der Waals surface area contributed by atoms with Crippen LogP contribution in [0.3, 0.4) is 0 Å². The van der Waals surface area contributed by atoms with Gasteiger partial charge in [-0.05, 0) is 31.9 Å². The van der Waals surface area contributed by atoms with E-state index in [0.29, 0.717) is 0 Å². The summed E-state index contributed by atoms with van der Waals surface area (Å²) >= 11 is 0. The maximum absolute atomic E-state index is 11.1. The fourth-order valence-electron chi connectivity index (χ4n) is 1.38. The third-order valence-electron chi connectivity index (χ3n) is 1.99. The van der Waals surface area contributed by atoms with Crippen LogP contribution in [-0.2, 0) is 0 Å². The van der Waals surface area contributed by atoms with Crippen molar-refractivity contribution in [1.29, 1.82) is 0 Å². The zero-order valence-electron chi connectivity index (χ0n) is 8.29. The molecule has 13 heavy (non-hydrogen) atoms. The number of ketones is 1. The lowest BCUT2D eigenvalue weighted by molar-refractivity contribution is 0.101. The minimum Gasteiger partial charge on any atom is -0.295 e. The van der Waals surface area contributed by atoms with Gasteiger partial charge in [-0.1, -0.05) is 30.4 Å². The normalized spacial score (nSPS) is 10.7. The summed E-state index contributed by atoms with van der Waals surface area (Å²) in [5.74, 6) is 0.129. The van der Waals surface area contributed by atoms with Gasteiger partial charge < -0.3 is 0 Å². The van der Waals surface area contributed by atoms with E-state index in [-0.39, 0.29) is 5.78 Å². The fraction of sp³-hybridized carbons (Fsp3) is 0.250. The molecule has 0 heterocycles. The zero-order chi connectivity index (χ0) is 9.84. The van der Waals surface area contributed by atoms with Crippen LogP contribution in [0.25, 0.3) is 6.08 Å². The standard InChI is InChI=1S/C12H14O/c1-4-5-11-6-7-12(10(3)13)9(2)8-11/h4-8H,1-3H3/b5-4+. The highest BCUT2D eigenvalue weighted by Gasteiger charge is 2.02. The zero-order valence-corrected chi connectivity index (χ0v) is 8.29. The molecule has 68 valence electrons. The van der Waals surface area contributed by atoms with E-state index in [1.165, 1.54) is 0 Å². The van der Waals surface area contributed by atoms with Gasteiger partial charge in [0.2, 0.25) is 0 Å². The van der Waals surface area contributed by atoms with Crippen molar-refractivity contribution in [3.05, 3.63) is 41.0 Å². The number of carbonyl (C=O) groups excluding carboxylic acids is 1. The van der Waals surface area contributed by atoms with E-state index in [4.69, 9.17) is 0 Å². The first-order chi connectivity index (χ1) is 6.15. The van der Waals surface area contributed by atoms with Crippen LogP contribution in [0.2, 0.25) is 0 Å². The van der Waals surface area contributed by atoms with E-state index in [9.17, 15) is 4.79 Å². The van der Waals surface area contributed by atoms with E-state index in [1.54, 1.807) is 6.92 Å². The maximum atomic E-state index is 11.1. The monoisotopic (exact) mass is 174 g/mol. The molecule has 0 saturated heterocycles. The van der Waals surface area contributed by atoms with Gasteiger partial charge in [0, 0.05) is 5.56 Å². The maximum Gasteiger partial charge on any atom is 0.160 e. The molecule has 0 unspecified atom stereocenters. The molecule has 0 amide bonds. The lowest BCUT2D eigenvalue weighted by Crippen LogP contribution is -1.95. The van der Waals surface area contributed by atoms with Gasteiger partial charge in [-0.15, -0.1) is 0 Å². The Labute approximate surface area is 79.1 Å². The number of rotatable bonds is 2. The molecule has 0 atom stereocenters. The molecule has 0 spiro atoms. The molecule has 1 aromatic carbocycles. The summed E-state index contributed by atoms with van der Waals surface area (Å²) in [5, 5.41) is 0. The van der Waals surface area contributed by atoms with Gasteiger partial charge >= 0.3 is 0 Å². The molecule has 0 N–H and O–H groups in total. The number of allylic oxidation sites excluding steroid dienone is 1. The highest BCUT2D eigenvalue weighted by molar-refractivity contribution is 5.95. The van der Waals surface area contributed by atoms with Crippen molar-refractivity contribution in [2.75, 3.05) is 0 Å². The summed E-state index contributed by atoms with van der Waals surface area (Å²) in [6.07, 6.45) is 4.01. The van der Waals surface area contributed by atoms with Gasteiger partial charge in [-0.3, -0.25) is 4.79 Å². The first-order valence-electron chi connectivity index (χ1n) is 4.39. The summed E-state index contributed by atoms with van der Waals surface area (Å²) in [4.78, 5) is 11.1. The van der Waals surface area contributed by atoms with E-state index < -0.39 is 0 Å². The third kappa shape index (κ3) is 2.28. The van der Waals surface area contributed by atoms with Crippen molar-refractivity contribution < 1.29 is 4.79 Å². The predicted octanol–water partition coefficient (Wildman–Crippen LogP) is 3.23. The van der Waals surface area contributed by atoms with E-state index in [0.717, 1.165) is 16.7 Å². The van der Waals surface area contributed by atoms with Crippen LogP contribution in [-0.4, -0.2) is 5.78 Å². The minimum absolute atomic E-state index is 0.129. The Morgan fingerprint density at radius 3 is 2.54 bits per heavy atom. The van der Waals surface area contributed by atoms with Crippen LogP contribution in [0, 0.1) is 6.92 Å². The summed E-state index contributed by atoms with van der Waals surface area (Å²) in [6.45, 7) is 5.54. The molecule has 1 aromatic rings. The van der Waals surface area contributed by atoms with Crippen LogP contribution in [0.1, 0.15) is 35.3 Å². The first kappa shape index (κ1) is 9.72.